The minimum atomic E-state index is -0.285. The number of nitrogens with zero attached hydrogens (tertiary/aromatic N) is 1. The van der Waals surface area contributed by atoms with Gasteiger partial charge in [-0.1, -0.05) is 26.2 Å². The van der Waals surface area contributed by atoms with Gasteiger partial charge >= 0.3 is 0 Å². The number of hydrogen-bond donors (Lipinski definition) is 1. The first kappa shape index (κ1) is 16.7. The van der Waals surface area contributed by atoms with Crippen molar-refractivity contribution in [2.24, 2.45) is 0 Å². The van der Waals surface area contributed by atoms with Gasteiger partial charge in [-0.25, -0.2) is 21.1 Å². The highest BCUT2D eigenvalue weighted by atomic mass is 32.3. The molecule has 0 aromatic rings. The fraction of sp³-hybridized carbons (Fsp3) is 1.00. The normalized spacial score (nSPS) is 22.2. The molecule has 1 saturated carbocycles. The summed E-state index contributed by atoms with van der Waals surface area (Å²) in [4.78, 5) is 0. The van der Waals surface area contributed by atoms with Crippen LogP contribution in [0.25, 0.3) is 0 Å². The van der Waals surface area contributed by atoms with E-state index in [1.807, 2.05) is 0 Å². The van der Waals surface area contributed by atoms with Crippen molar-refractivity contribution < 1.29 is 0 Å². The van der Waals surface area contributed by atoms with Gasteiger partial charge in [0.15, 0.2) is 0 Å². The highest BCUT2D eigenvalue weighted by Crippen LogP contribution is 2.39. The highest BCUT2D eigenvalue weighted by Gasteiger charge is 2.22. The van der Waals surface area contributed by atoms with Crippen molar-refractivity contribution in [2.45, 2.75) is 51.5 Å². The lowest BCUT2D eigenvalue weighted by atomic mass is 9.95. The molecule has 112 valence electrons. The maximum atomic E-state index is 2.85. The third kappa shape index (κ3) is 6.21. The summed E-state index contributed by atoms with van der Waals surface area (Å²) in [5.74, 6) is 2.92. The second-order valence-corrected chi connectivity index (χ2v) is 13.4. The molecule has 1 atom stereocenters. The van der Waals surface area contributed by atoms with E-state index in [1.165, 1.54) is 56.6 Å². The minimum absolute atomic E-state index is 0.127. The standard InChI is InChI=1S/C15H35NS2/c1-6-16(15-11-8-7-9-12-15)17(2)13-10-14-18(3,4)5/h15,17H,6-14H2,1-5H3. The molecular weight excluding hydrogens is 258 g/mol. The van der Waals surface area contributed by atoms with Crippen LogP contribution in [-0.4, -0.2) is 53.4 Å². The maximum Gasteiger partial charge on any atom is 0.0184 e. The first-order chi connectivity index (χ1) is 8.44. The second-order valence-electron chi connectivity index (χ2n) is 6.58. The summed E-state index contributed by atoms with van der Waals surface area (Å²) < 4.78 is 2.85. The predicted molar refractivity (Wildman–Crippen MR) is 93.9 cm³/mol. The van der Waals surface area contributed by atoms with Gasteiger partial charge in [-0.2, -0.15) is 0 Å². The zero-order valence-corrected chi connectivity index (χ0v) is 15.0. The van der Waals surface area contributed by atoms with Crippen molar-refractivity contribution >= 4 is 21.1 Å². The van der Waals surface area contributed by atoms with Crippen LogP contribution in [0.2, 0.25) is 0 Å². The van der Waals surface area contributed by atoms with Crippen molar-refractivity contribution in [1.29, 1.82) is 0 Å². The molecule has 0 heterocycles. The highest BCUT2D eigenvalue weighted by molar-refractivity contribution is 8.32. The molecule has 0 aromatic carbocycles. The lowest BCUT2D eigenvalue weighted by molar-refractivity contribution is 0.278. The van der Waals surface area contributed by atoms with Gasteiger partial charge in [0.1, 0.15) is 0 Å². The van der Waals surface area contributed by atoms with Gasteiger partial charge in [-0.3, -0.25) is 4.31 Å². The Hall–Kier alpha value is 0.660. The van der Waals surface area contributed by atoms with Crippen LogP contribution in [0.5, 0.6) is 0 Å². The van der Waals surface area contributed by atoms with Crippen LogP contribution in [-0.2, 0) is 0 Å². The van der Waals surface area contributed by atoms with Crippen LogP contribution in [0.15, 0.2) is 0 Å². The molecule has 0 radical (unpaired) electrons. The Morgan fingerprint density at radius 2 is 1.72 bits per heavy atom. The molecule has 0 bridgehead atoms. The molecule has 0 spiro atoms. The summed E-state index contributed by atoms with van der Waals surface area (Å²) in [6.07, 6.45) is 18.7. The van der Waals surface area contributed by atoms with Gasteiger partial charge in [0.2, 0.25) is 0 Å². The largest absolute Gasteiger partial charge is 0.268 e. The van der Waals surface area contributed by atoms with Crippen LogP contribution >= 0.6 is 21.1 Å². The van der Waals surface area contributed by atoms with Gasteiger partial charge in [-0.15, -0.1) is 0 Å². The molecule has 18 heavy (non-hydrogen) atoms. The first-order valence-corrected chi connectivity index (χ1v) is 12.5. The van der Waals surface area contributed by atoms with Crippen LogP contribution in [0, 0.1) is 0 Å². The smallest absolute Gasteiger partial charge is 0.0184 e. The van der Waals surface area contributed by atoms with Crippen molar-refractivity contribution in [3.05, 3.63) is 0 Å². The average Bonchev–Trinajstić information content (AvgIpc) is 2.29. The van der Waals surface area contributed by atoms with E-state index in [2.05, 4.69) is 36.3 Å². The Kier molecular flexibility index (Phi) is 7.48. The molecule has 1 aliphatic rings. The molecule has 1 unspecified atom stereocenters. The van der Waals surface area contributed by atoms with Gasteiger partial charge in [0.25, 0.3) is 0 Å². The predicted octanol–water partition coefficient (Wildman–Crippen LogP) is 4.27. The van der Waals surface area contributed by atoms with Gasteiger partial charge in [-0.05, 0) is 55.8 Å². The summed E-state index contributed by atoms with van der Waals surface area (Å²) in [6, 6.07) is 0.918. The maximum absolute atomic E-state index is 2.85. The Morgan fingerprint density at radius 1 is 1.11 bits per heavy atom. The molecule has 0 amide bonds. The molecule has 0 aliphatic heterocycles. The van der Waals surface area contributed by atoms with E-state index < -0.39 is 0 Å². The first-order valence-electron chi connectivity index (χ1n) is 7.57. The quantitative estimate of drug-likeness (QED) is 0.686. The van der Waals surface area contributed by atoms with Crippen molar-refractivity contribution in [2.75, 3.05) is 43.1 Å². The molecule has 1 fully saturated rings. The van der Waals surface area contributed by atoms with E-state index >= 15 is 0 Å². The molecule has 1 rings (SSSR count). The lowest BCUT2D eigenvalue weighted by Gasteiger charge is -2.40. The van der Waals surface area contributed by atoms with Gasteiger partial charge in [0.05, 0.1) is 0 Å². The van der Waals surface area contributed by atoms with Crippen molar-refractivity contribution in [1.82, 2.24) is 4.31 Å². The topological polar surface area (TPSA) is 3.24 Å². The Labute approximate surface area is 120 Å². The molecule has 0 aromatic heterocycles. The Morgan fingerprint density at radius 3 is 2.22 bits per heavy atom. The fourth-order valence-electron chi connectivity index (χ4n) is 3.01. The lowest BCUT2D eigenvalue weighted by Crippen LogP contribution is -2.34. The zero-order valence-electron chi connectivity index (χ0n) is 13.2. The molecule has 0 saturated heterocycles. The molecule has 1 aliphatic carbocycles. The van der Waals surface area contributed by atoms with E-state index in [1.54, 1.807) is 0 Å². The fourth-order valence-corrected chi connectivity index (χ4v) is 6.38. The number of rotatable bonds is 7. The SMILES string of the molecule is CCN(C1CCCCC1)[SH](C)CCCS(C)(C)C. The summed E-state index contributed by atoms with van der Waals surface area (Å²) in [6.45, 7) is 3.64. The van der Waals surface area contributed by atoms with Crippen molar-refractivity contribution in [3.63, 3.8) is 0 Å². The van der Waals surface area contributed by atoms with Crippen LogP contribution in [0.4, 0.5) is 0 Å². The van der Waals surface area contributed by atoms with E-state index in [0.29, 0.717) is 0 Å². The van der Waals surface area contributed by atoms with E-state index in [4.69, 9.17) is 0 Å². The molecule has 1 nitrogen and oxygen atoms in total. The van der Waals surface area contributed by atoms with Gasteiger partial charge in [0, 0.05) is 12.6 Å². The van der Waals surface area contributed by atoms with Crippen LogP contribution in [0.1, 0.15) is 45.4 Å². The number of thiol groups is 1. The Balaban J connectivity index is 2.34. The zero-order chi connectivity index (χ0) is 13.6. The van der Waals surface area contributed by atoms with E-state index in [0.717, 1.165) is 6.04 Å². The van der Waals surface area contributed by atoms with E-state index in [9.17, 15) is 0 Å². The van der Waals surface area contributed by atoms with Crippen LogP contribution < -0.4 is 0 Å². The average molecular weight is 294 g/mol. The van der Waals surface area contributed by atoms with Crippen LogP contribution in [0.3, 0.4) is 0 Å². The second kappa shape index (κ2) is 8.06. The minimum Gasteiger partial charge on any atom is -0.268 e. The molecular formula is C15H35NS2. The summed E-state index contributed by atoms with van der Waals surface area (Å²) >= 11 is 0.127. The monoisotopic (exact) mass is 293 g/mol. The number of hydrogen-bond acceptors (Lipinski definition) is 1. The molecule has 0 N–H and O–H groups in total. The molecule has 3 heteroatoms. The third-order valence-electron chi connectivity index (χ3n) is 4.00. The van der Waals surface area contributed by atoms with E-state index in [-0.39, 0.29) is 21.1 Å². The summed E-state index contributed by atoms with van der Waals surface area (Å²) in [7, 11) is -0.285. The summed E-state index contributed by atoms with van der Waals surface area (Å²) in [5.41, 5.74) is 0. The third-order valence-corrected chi connectivity index (χ3v) is 7.96. The van der Waals surface area contributed by atoms with Gasteiger partial charge < -0.3 is 0 Å². The van der Waals surface area contributed by atoms with Crippen molar-refractivity contribution in [3.8, 4) is 0 Å². The summed E-state index contributed by atoms with van der Waals surface area (Å²) in [5, 5.41) is 0. The Bertz CT molecular complexity index is 219.